The van der Waals surface area contributed by atoms with Gasteiger partial charge in [-0.1, -0.05) is 24.3 Å². The Morgan fingerprint density at radius 1 is 1.11 bits per heavy atom. The van der Waals surface area contributed by atoms with Crippen LogP contribution in [0.4, 0.5) is 4.79 Å². The summed E-state index contributed by atoms with van der Waals surface area (Å²) in [5, 5.41) is 5.67. The zero-order chi connectivity index (χ0) is 18.5. The largest absolute Gasteiger partial charge is 0.376 e. The first kappa shape index (κ1) is 17.5. The van der Waals surface area contributed by atoms with Crippen LogP contribution in [0.15, 0.2) is 54.9 Å². The molecule has 3 aromatic rings. The van der Waals surface area contributed by atoms with Gasteiger partial charge in [-0.25, -0.2) is 9.78 Å². The number of nitrogens with zero attached hydrogens (tertiary/aromatic N) is 2. The van der Waals surface area contributed by atoms with Gasteiger partial charge >= 0.3 is 6.03 Å². The van der Waals surface area contributed by atoms with Crippen molar-refractivity contribution in [2.75, 3.05) is 26.4 Å². The van der Waals surface area contributed by atoms with Crippen LogP contribution in [0.2, 0.25) is 0 Å². The van der Waals surface area contributed by atoms with E-state index in [0.717, 1.165) is 22.3 Å². The molecule has 7 nitrogen and oxygen atoms in total. The molecule has 2 N–H and O–H groups in total. The molecule has 2 heterocycles. The zero-order valence-electron chi connectivity index (χ0n) is 14.9. The topological polar surface area (TPSA) is 77.4 Å². The molecule has 0 bridgehead atoms. The van der Waals surface area contributed by atoms with Crippen molar-refractivity contribution in [3.63, 3.8) is 0 Å². The monoisotopic (exact) mass is 366 g/mol. The van der Waals surface area contributed by atoms with Crippen molar-refractivity contribution in [2.24, 2.45) is 0 Å². The first-order chi connectivity index (χ1) is 13.3. The normalized spacial score (nSPS) is 17.0. The van der Waals surface area contributed by atoms with Crippen molar-refractivity contribution >= 4 is 17.1 Å². The Morgan fingerprint density at radius 2 is 1.96 bits per heavy atom. The van der Waals surface area contributed by atoms with E-state index in [1.165, 1.54) is 0 Å². The van der Waals surface area contributed by atoms with E-state index in [1.54, 1.807) is 0 Å². The van der Waals surface area contributed by atoms with Gasteiger partial charge in [-0.3, -0.25) is 4.57 Å². The minimum atomic E-state index is -0.214. The molecule has 27 heavy (non-hydrogen) atoms. The Balaban J connectivity index is 1.31. The number of hydrogen-bond acceptors (Lipinski definition) is 4. The molecule has 0 spiro atoms. The van der Waals surface area contributed by atoms with Gasteiger partial charge < -0.3 is 20.1 Å². The van der Waals surface area contributed by atoms with E-state index >= 15 is 0 Å². The number of aromatic nitrogens is 2. The second-order valence-electron chi connectivity index (χ2n) is 6.40. The van der Waals surface area contributed by atoms with Crippen LogP contribution in [0.1, 0.15) is 5.56 Å². The summed E-state index contributed by atoms with van der Waals surface area (Å²) < 4.78 is 12.9. The Hall–Kier alpha value is -2.90. The highest BCUT2D eigenvalue weighted by molar-refractivity contribution is 5.77. The average molecular weight is 366 g/mol. The maximum Gasteiger partial charge on any atom is 0.315 e. The van der Waals surface area contributed by atoms with Crippen molar-refractivity contribution in [1.29, 1.82) is 0 Å². The summed E-state index contributed by atoms with van der Waals surface area (Å²) in [6.45, 7) is 2.61. The fraction of sp³-hybridized carbons (Fsp3) is 0.300. The Morgan fingerprint density at radius 3 is 2.78 bits per heavy atom. The molecule has 1 fully saturated rings. The summed E-state index contributed by atoms with van der Waals surface area (Å²) in [7, 11) is 0. The number of carbonyl (C=O) groups excluding carboxylic acids is 1. The number of ether oxygens (including phenoxy) is 2. The Labute approximate surface area is 157 Å². The van der Waals surface area contributed by atoms with Gasteiger partial charge in [0.05, 0.1) is 37.0 Å². The number of hydrogen-bond donors (Lipinski definition) is 2. The first-order valence-electron chi connectivity index (χ1n) is 9.02. The summed E-state index contributed by atoms with van der Waals surface area (Å²) >= 11 is 0. The number of fused-ring (bicyclic) bond motifs is 1. The highest BCUT2D eigenvalue weighted by atomic mass is 16.6. The molecule has 1 unspecified atom stereocenters. The lowest BCUT2D eigenvalue weighted by atomic mass is 10.2. The molecule has 1 aromatic heterocycles. The van der Waals surface area contributed by atoms with Crippen LogP contribution in [-0.2, 0) is 16.0 Å². The molecule has 0 aliphatic carbocycles. The minimum Gasteiger partial charge on any atom is -0.376 e. The van der Waals surface area contributed by atoms with E-state index in [9.17, 15) is 4.79 Å². The molecule has 1 aliphatic heterocycles. The van der Waals surface area contributed by atoms with E-state index in [2.05, 4.69) is 15.6 Å². The van der Waals surface area contributed by atoms with E-state index in [4.69, 9.17) is 9.47 Å². The van der Waals surface area contributed by atoms with Crippen LogP contribution in [0.25, 0.3) is 16.7 Å². The number of imidazole rings is 1. The molecule has 4 rings (SSSR count). The molecule has 0 saturated carbocycles. The molecular formula is C20H22N4O3. The van der Waals surface area contributed by atoms with Crippen molar-refractivity contribution in [3.8, 4) is 5.69 Å². The van der Waals surface area contributed by atoms with Gasteiger partial charge in [0.1, 0.15) is 6.33 Å². The summed E-state index contributed by atoms with van der Waals surface area (Å²) in [5.74, 6) is 0. The number of urea groups is 1. The quantitative estimate of drug-likeness (QED) is 0.726. The molecule has 7 heteroatoms. The molecule has 0 radical (unpaired) electrons. The molecular weight excluding hydrogens is 344 g/mol. The number of amides is 2. The molecule has 1 aliphatic rings. The van der Waals surface area contributed by atoms with Crippen LogP contribution in [-0.4, -0.2) is 48.1 Å². The van der Waals surface area contributed by atoms with Crippen LogP contribution in [0.5, 0.6) is 0 Å². The van der Waals surface area contributed by atoms with Crippen LogP contribution < -0.4 is 10.6 Å². The Kier molecular flexibility index (Phi) is 5.32. The van der Waals surface area contributed by atoms with E-state index in [0.29, 0.717) is 32.9 Å². The summed E-state index contributed by atoms with van der Waals surface area (Å²) in [5.41, 5.74) is 4.09. The fourth-order valence-corrected chi connectivity index (χ4v) is 3.05. The predicted octanol–water partition coefficient (Wildman–Crippen LogP) is 2.24. The van der Waals surface area contributed by atoms with Gasteiger partial charge in [-0.2, -0.15) is 0 Å². The van der Waals surface area contributed by atoms with Crippen LogP contribution in [0, 0.1) is 0 Å². The third-order valence-corrected chi connectivity index (χ3v) is 4.50. The van der Waals surface area contributed by atoms with Gasteiger partial charge in [0.2, 0.25) is 0 Å². The third-order valence-electron chi connectivity index (χ3n) is 4.50. The fourth-order valence-electron chi connectivity index (χ4n) is 3.05. The van der Waals surface area contributed by atoms with E-state index in [-0.39, 0.29) is 12.1 Å². The number of benzene rings is 2. The number of rotatable bonds is 5. The van der Waals surface area contributed by atoms with Crippen LogP contribution >= 0.6 is 0 Å². The summed E-state index contributed by atoms with van der Waals surface area (Å²) in [4.78, 5) is 16.3. The highest BCUT2D eigenvalue weighted by Crippen LogP contribution is 2.18. The highest BCUT2D eigenvalue weighted by Gasteiger charge is 2.15. The molecule has 140 valence electrons. The van der Waals surface area contributed by atoms with Gasteiger partial charge in [-0.05, 0) is 29.8 Å². The lowest BCUT2D eigenvalue weighted by molar-refractivity contribution is -0.0853. The lowest BCUT2D eigenvalue weighted by Gasteiger charge is -2.23. The van der Waals surface area contributed by atoms with Gasteiger partial charge in [0.25, 0.3) is 0 Å². The summed E-state index contributed by atoms with van der Waals surface area (Å²) in [6, 6.07) is 15.9. The van der Waals surface area contributed by atoms with Crippen molar-refractivity contribution in [1.82, 2.24) is 20.2 Å². The summed E-state index contributed by atoms with van der Waals surface area (Å²) in [6.07, 6.45) is 1.75. The molecule has 2 aromatic carbocycles. The predicted molar refractivity (Wildman–Crippen MR) is 102 cm³/mol. The van der Waals surface area contributed by atoms with Gasteiger partial charge in [-0.15, -0.1) is 0 Å². The van der Waals surface area contributed by atoms with Gasteiger partial charge in [0.15, 0.2) is 0 Å². The second kappa shape index (κ2) is 8.20. The van der Waals surface area contributed by atoms with Crippen molar-refractivity contribution < 1.29 is 14.3 Å². The SMILES string of the molecule is O=C(NCc1ccc(-n2cnc3ccccc32)cc1)NCC1COCCO1. The number of carbonyl (C=O) groups is 1. The average Bonchev–Trinajstić information content (AvgIpc) is 3.16. The zero-order valence-corrected chi connectivity index (χ0v) is 14.9. The first-order valence-corrected chi connectivity index (χ1v) is 9.02. The minimum absolute atomic E-state index is 0.0752. The van der Waals surface area contributed by atoms with E-state index < -0.39 is 0 Å². The Bertz CT molecular complexity index is 901. The van der Waals surface area contributed by atoms with Crippen molar-refractivity contribution in [2.45, 2.75) is 12.6 Å². The lowest BCUT2D eigenvalue weighted by Crippen LogP contribution is -2.43. The third kappa shape index (κ3) is 4.27. The number of nitrogens with one attached hydrogen (secondary N) is 2. The molecule has 2 amide bonds. The standard InChI is InChI=1S/C20H22N4O3/c25-20(22-12-17-13-26-9-10-27-17)21-11-15-5-7-16(8-6-15)24-14-23-18-3-1-2-4-19(18)24/h1-8,14,17H,9-13H2,(H2,21,22,25). The maximum absolute atomic E-state index is 11.9. The smallest absolute Gasteiger partial charge is 0.315 e. The van der Waals surface area contributed by atoms with Gasteiger partial charge in [0, 0.05) is 18.8 Å². The number of para-hydroxylation sites is 2. The van der Waals surface area contributed by atoms with Crippen molar-refractivity contribution in [3.05, 3.63) is 60.4 Å². The maximum atomic E-state index is 11.9. The second-order valence-corrected chi connectivity index (χ2v) is 6.40. The van der Waals surface area contributed by atoms with E-state index in [1.807, 2.05) is 59.4 Å². The molecule has 1 atom stereocenters. The van der Waals surface area contributed by atoms with Crippen LogP contribution in [0.3, 0.4) is 0 Å². The molecule has 1 saturated heterocycles.